The SMILES string of the molecule is COC(=O)[C@@]1(C)CC[C@H]2[C@@H](CC[C@@H]3C[C@H](OS(=O)(=O)O)CC[C@@]32C)[C@@H]1C.c1ccncc1. The molecule has 0 radical (unpaired) electrons. The van der Waals surface area contributed by atoms with Crippen molar-refractivity contribution in [1.82, 2.24) is 4.98 Å². The van der Waals surface area contributed by atoms with Crippen molar-refractivity contribution < 1.29 is 26.7 Å². The molecule has 0 saturated heterocycles. The summed E-state index contributed by atoms with van der Waals surface area (Å²) in [5.74, 6) is 1.62. The normalized spacial score (nSPS) is 39.0. The largest absolute Gasteiger partial charge is 0.469 e. The van der Waals surface area contributed by atoms with Crippen LogP contribution in [0.1, 0.15) is 65.7 Å². The maximum atomic E-state index is 12.4. The number of carbonyl (C=O) groups is 1. The Kier molecular flexibility index (Phi) is 7.67. The van der Waals surface area contributed by atoms with Gasteiger partial charge in [-0.05, 0) is 93.1 Å². The van der Waals surface area contributed by atoms with Gasteiger partial charge in [-0.15, -0.1) is 0 Å². The minimum Gasteiger partial charge on any atom is -0.469 e. The summed E-state index contributed by atoms with van der Waals surface area (Å²) < 4.78 is 41.1. The van der Waals surface area contributed by atoms with E-state index in [-0.39, 0.29) is 17.3 Å². The van der Waals surface area contributed by atoms with Crippen molar-refractivity contribution in [3.63, 3.8) is 0 Å². The molecule has 7 nitrogen and oxygen atoms in total. The summed E-state index contributed by atoms with van der Waals surface area (Å²) >= 11 is 0. The average molecular weight is 468 g/mol. The monoisotopic (exact) mass is 467 g/mol. The average Bonchev–Trinajstić information content (AvgIpc) is 2.76. The second kappa shape index (κ2) is 9.77. The molecule has 3 aliphatic carbocycles. The number of ether oxygens (including phenoxy) is 1. The quantitative estimate of drug-likeness (QED) is 0.508. The zero-order valence-electron chi connectivity index (χ0n) is 19.6. The lowest BCUT2D eigenvalue weighted by Gasteiger charge is -2.60. The molecule has 0 spiro atoms. The number of hydrogen-bond acceptors (Lipinski definition) is 6. The Morgan fingerprint density at radius 1 is 1.06 bits per heavy atom. The third kappa shape index (κ3) is 5.18. The molecule has 180 valence electrons. The predicted octanol–water partition coefficient (Wildman–Crippen LogP) is 4.70. The standard InChI is InChI=1S/C19H32O6S.C5H5N/c1-12-15-6-5-13-11-14(25-26(21,22)23)7-9-19(13,3)16(15)8-10-18(12,2)17(20)24-4;1-2-4-6-5-3-1/h12-16H,5-11H2,1-4H3,(H,21,22,23);1-5H/t12-,13+,14+,15-,16-,18-,19-;/m0./s1. The van der Waals surface area contributed by atoms with E-state index in [0.717, 1.165) is 32.1 Å². The first-order valence-corrected chi connectivity index (χ1v) is 13.0. The van der Waals surface area contributed by atoms with Crippen LogP contribution in [-0.4, -0.2) is 37.1 Å². The van der Waals surface area contributed by atoms with Crippen LogP contribution in [0.3, 0.4) is 0 Å². The Morgan fingerprint density at radius 2 is 1.75 bits per heavy atom. The van der Waals surface area contributed by atoms with Crippen LogP contribution in [0, 0.1) is 34.5 Å². The molecule has 0 unspecified atom stereocenters. The highest BCUT2D eigenvalue weighted by molar-refractivity contribution is 7.80. The summed E-state index contributed by atoms with van der Waals surface area (Å²) in [5.41, 5.74) is -0.266. The van der Waals surface area contributed by atoms with Gasteiger partial charge in [-0.2, -0.15) is 8.42 Å². The van der Waals surface area contributed by atoms with E-state index in [4.69, 9.17) is 13.5 Å². The molecule has 3 fully saturated rings. The van der Waals surface area contributed by atoms with Gasteiger partial charge >= 0.3 is 16.4 Å². The number of carbonyl (C=O) groups excluding carboxylic acids is 1. The summed E-state index contributed by atoms with van der Waals surface area (Å²) in [5, 5.41) is 0. The molecule has 1 aromatic rings. The number of hydrogen-bond donors (Lipinski definition) is 1. The Hall–Kier alpha value is -1.51. The molecule has 7 atom stereocenters. The van der Waals surface area contributed by atoms with Gasteiger partial charge in [-0.1, -0.05) is 19.9 Å². The van der Waals surface area contributed by atoms with Gasteiger partial charge in [0.15, 0.2) is 0 Å². The fourth-order valence-electron chi connectivity index (χ4n) is 6.79. The lowest BCUT2D eigenvalue weighted by atomic mass is 9.45. The Bertz CT molecular complexity index is 851. The van der Waals surface area contributed by atoms with Gasteiger partial charge in [-0.25, -0.2) is 4.18 Å². The highest BCUT2D eigenvalue weighted by Crippen LogP contribution is 2.63. The smallest absolute Gasteiger partial charge is 0.397 e. The Morgan fingerprint density at radius 3 is 2.28 bits per heavy atom. The van der Waals surface area contributed by atoms with Crippen LogP contribution in [0.4, 0.5) is 0 Å². The van der Waals surface area contributed by atoms with E-state index in [9.17, 15) is 13.2 Å². The number of esters is 1. The van der Waals surface area contributed by atoms with Crippen molar-refractivity contribution >= 4 is 16.4 Å². The van der Waals surface area contributed by atoms with Crippen molar-refractivity contribution in [3.8, 4) is 0 Å². The summed E-state index contributed by atoms with van der Waals surface area (Å²) in [6, 6.07) is 5.72. The van der Waals surface area contributed by atoms with E-state index in [1.165, 1.54) is 7.11 Å². The van der Waals surface area contributed by atoms with Crippen LogP contribution in [0.5, 0.6) is 0 Å². The molecule has 0 amide bonds. The molecular weight excluding hydrogens is 430 g/mol. The first-order valence-electron chi connectivity index (χ1n) is 11.6. The number of nitrogens with zero attached hydrogens (tertiary/aromatic N) is 1. The Balaban J connectivity index is 0.000000416. The second-order valence-corrected chi connectivity index (χ2v) is 11.3. The van der Waals surface area contributed by atoms with Gasteiger partial charge < -0.3 is 4.74 Å². The van der Waals surface area contributed by atoms with Gasteiger partial charge in [-0.3, -0.25) is 14.3 Å². The molecule has 0 aromatic carbocycles. The van der Waals surface area contributed by atoms with Crippen LogP contribution in [0.15, 0.2) is 30.6 Å². The fourth-order valence-corrected chi connectivity index (χ4v) is 7.31. The molecule has 1 aromatic heterocycles. The van der Waals surface area contributed by atoms with Crippen molar-refractivity contribution in [2.24, 2.45) is 34.5 Å². The molecule has 3 aliphatic rings. The topological polar surface area (TPSA) is 103 Å². The molecule has 1 heterocycles. The third-order valence-electron chi connectivity index (χ3n) is 8.80. The number of aromatic nitrogens is 1. The number of fused-ring (bicyclic) bond motifs is 3. The van der Waals surface area contributed by atoms with Gasteiger partial charge in [0.1, 0.15) is 0 Å². The minimum atomic E-state index is -4.39. The van der Waals surface area contributed by atoms with Crippen molar-refractivity contribution in [2.75, 3.05) is 7.11 Å². The second-order valence-electron chi connectivity index (χ2n) is 10.2. The van der Waals surface area contributed by atoms with E-state index < -0.39 is 21.9 Å². The molecule has 8 heteroatoms. The maximum absolute atomic E-state index is 12.4. The Labute approximate surface area is 192 Å². The molecule has 0 aliphatic heterocycles. The minimum absolute atomic E-state index is 0.0963. The van der Waals surface area contributed by atoms with Crippen LogP contribution >= 0.6 is 0 Å². The maximum Gasteiger partial charge on any atom is 0.397 e. The van der Waals surface area contributed by atoms with Gasteiger partial charge in [0.25, 0.3) is 0 Å². The summed E-state index contributed by atoms with van der Waals surface area (Å²) in [4.78, 5) is 16.2. The molecule has 4 rings (SSSR count). The van der Waals surface area contributed by atoms with Crippen molar-refractivity contribution in [3.05, 3.63) is 30.6 Å². The highest BCUT2D eigenvalue weighted by atomic mass is 32.3. The lowest BCUT2D eigenvalue weighted by molar-refractivity contribution is -0.170. The van der Waals surface area contributed by atoms with Crippen LogP contribution in [0.2, 0.25) is 0 Å². The summed E-state index contributed by atoms with van der Waals surface area (Å²) in [6.07, 6.45) is 9.25. The number of rotatable bonds is 3. The molecular formula is C24H37NO6S. The van der Waals surface area contributed by atoms with E-state index in [1.54, 1.807) is 12.4 Å². The highest BCUT2D eigenvalue weighted by Gasteiger charge is 2.58. The zero-order valence-corrected chi connectivity index (χ0v) is 20.4. The lowest BCUT2D eigenvalue weighted by Crippen LogP contribution is -2.55. The van der Waals surface area contributed by atoms with Crippen molar-refractivity contribution in [1.29, 1.82) is 0 Å². The van der Waals surface area contributed by atoms with Gasteiger partial charge in [0.05, 0.1) is 18.6 Å². The first kappa shape index (κ1) is 25.1. The zero-order chi connectivity index (χ0) is 23.6. The summed E-state index contributed by atoms with van der Waals surface area (Å²) in [7, 11) is -2.92. The fraction of sp³-hybridized carbons (Fsp3) is 0.750. The number of methoxy groups -OCH3 is 1. The van der Waals surface area contributed by atoms with Gasteiger partial charge in [0.2, 0.25) is 0 Å². The van der Waals surface area contributed by atoms with E-state index >= 15 is 0 Å². The van der Waals surface area contributed by atoms with Crippen LogP contribution < -0.4 is 0 Å². The molecule has 3 saturated carbocycles. The van der Waals surface area contributed by atoms with Gasteiger partial charge in [0, 0.05) is 12.4 Å². The van der Waals surface area contributed by atoms with E-state index in [2.05, 4.69) is 18.8 Å². The predicted molar refractivity (Wildman–Crippen MR) is 121 cm³/mol. The summed E-state index contributed by atoms with van der Waals surface area (Å²) in [6.45, 7) is 6.58. The van der Waals surface area contributed by atoms with Crippen molar-refractivity contribution in [2.45, 2.75) is 71.8 Å². The van der Waals surface area contributed by atoms with Crippen LogP contribution in [-0.2, 0) is 24.1 Å². The molecule has 0 bridgehead atoms. The van der Waals surface area contributed by atoms with E-state index in [1.807, 2.05) is 25.1 Å². The van der Waals surface area contributed by atoms with Crippen LogP contribution in [0.25, 0.3) is 0 Å². The molecule has 1 N–H and O–H groups in total. The number of pyridine rings is 1. The van der Waals surface area contributed by atoms with E-state index in [0.29, 0.717) is 30.6 Å². The first-order chi connectivity index (χ1) is 15.0. The third-order valence-corrected chi connectivity index (χ3v) is 9.31. The molecule has 32 heavy (non-hydrogen) atoms.